The number of amides is 1. The Kier molecular flexibility index (Phi) is 5.97. The summed E-state index contributed by atoms with van der Waals surface area (Å²) in [7, 11) is 3.23. The van der Waals surface area contributed by atoms with Gasteiger partial charge in [-0.2, -0.15) is 4.57 Å². The van der Waals surface area contributed by atoms with Crippen molar-refractivity contribution in [3.63, 3.8) is 0 Å². The Morgan fingerprint density at radius 3 is 2.61 bits per heavy atom. The van der Waals surface area contributed by atoms with Gasteiger partial charge in [0.25, 0.3) is 5.91 Å². The van der Waals surface area contributed by atoms with Gasteiger partial charge in [0.05, 0.1) is 14.2 Å². The van der Waals surface area contributed by atoms with Gasteiger partial charge in [-0.1, -0.05) is 12.1 Å². The predicted molar refractivity (Wildman–Crippen MR) is 87.6 cm³/mol. The monoisotopic (exact) mass is 315 g/mol. The molecular formula is C18H23N2O3+. The minimum atomic E-state index is 0.00442. The Balaban J connectivity index is 1.85. The number of rotatable bonds is 7. The molecule has 0 aliphatic carbocycles. The van der Waals surface area contributed by atoms with Crippen molar-refractivity contribution in [2.75, 3.05) is 20.8 Å². The summed E-state index contributed by atoms with van der Waals surface area (Å²) < 4.78 is 12.4. The van der Waals surface area contributed by atoms with E-state index in [2.05, 4.69) is 5.32 Å². The van der Waals surface area contributed by atoms with E-state index in [1.54, 1.807) is 14.2 Å². The zero-order chi connectivity index (χ0) is 16.7. The molecule has 0 saturated carbocycles. The summed E-state index contributed by atoms with van der Waals surface area (Å²) in [6.07, 6.45) is 2.65. The largest absolute Gasteiger partial charge is 0.493 e. The number of aryl methyl sites for hydroxylation is 1. The first kappa shape index (κ1) is 16.8. The van der Waals surface area contributed by atoms with E-state index < -0.39 is 0 Å². The van der Waals surface area contributed by atoms with Gasteiger partial charge in [0.1, 0.15) is 0 Å². The van der Waals surface area contributed by atoms with Crippen LogP contribution in [-0.4, -0.2) is 26.7 Å². The van der Waals surface area contributed by atoms with E-state index in [4.69, 9.17) is 9.47 Å². The molecule has 23 heavy (non-hydrogen) atoms. The van der Waals surface area contributed by atoms with Crippen molar-refractivity contribution in [2.24, 2.45) is 0 Å². The molecule has 0 bridgehead atoms. The molecule has 1 aromatic carbocycles. The third-order valence-corrected chi connectivity index (χ3v) is 3.67. The SMILES string of the molecule is COc1ccc(CCNC(=O)C[n+]2ccccc2C)cc1OC. The molecule has 5 nitrogen and oxygen atoms in total. The number of carbonyl (C=O) groups excluding carboxylic acids is 1. The average molecular weight is 315 g/mol. The summed E-state index contributed by atoms with van der Waals surface area (Å²) in [6, 6.07) is 11.6. The van der Waals surface area contributed by atoms with Crippen molar-refractivity contribution >= 4 is 5.91 Å². The van der Waals surface area contributed by atoms with Crippen LogP contribution in [0.2, 0.25) is 0 Å². The van der Waals surface area contributed by atoms with Crippen LogP contribution >= 0.6 is 0 Å². The second kappa shape index (κ2) is 8.17. The van der Waals surface area contributed by atoms with Gasteiger partial charge in [0, 0.05) is 25.6 Å². The Hall–Kier alpha value is -2.56. The number of hydrogen-bond acceptors (Lipinski definition) is 3. The van der Waals surface area contributed by atoms with Crippen molar-refractivity contribution in [1.29, 1.82) is 0 Å². The van der Waals surface area contributed by atoms with E-state index in [-0.39, 0.29) is 5.91 Å². The summed E-state index contributed by atoms with van der Waals surface area (Å²) >= 11 is 0. The van der Waals surface area contributed by atoms with E-state index >= 15 is 0 Å². The van der Waals surface area contributed by atoms with E-state index in [0.717, 1.165) is 17.7 Å². The van der Waals surface area contributed by atoms with Crippen molar-refractivity contribution < 1.29 is 18.8 Å². The fraction of sp³-hybridized carbons (Fsp3) is 0.333. The Morgan fingerprint density at radius 2 is 1.91 bits per heavy atom. The maximum absolute atomic E-state index is 12.0. The minimum absolute atomic E-state index is 0.00442. The molecule has 0 atom stereocenters. The van der Waals surface area contributed by atoms with E-state index in [1.807, 2.05) is 54.1 Å². The quantitative estimate of drug-likeness (QED) is 0.791. The van der Waals surface area contributed by atoms with Gasteiger partial charge in [0.15, 0.2) is 23.4 Å². The van der Waals surface area contributed by atoms with Gasteiger partial charge >= 0.3 is 0 Å². The Labute approximate surface area is 136 Å². The summed E-state index contributed by atoms with van der Waals surface area (Å²) in [6.45, 7) is 2.90. The van der Waals surface area contributed by atoms with Gasteiger partial charge < -0.3 is 14.8 Å². The standard InChI is InChI=1S/C18H22N2O3/c1-14-6-4-5-11-20(14)13-18(21)19-10-9-15-7-8-16(22-2)17(12-15)23-3/h4-8,11-12H,9-10,13H2,1-3H3/p+1. The second-order valence-electron chi connectivity index (χ2n) is 5.26. The van der Waals surface area contributed by atoms with Gasteiger partial charge in [0.2, 0.25) is 6.54 Å². The molecule has 1 heterocycles. The molecule has 0 radical (unpaired) electrons. The molecule has 1 amide bonds. The third-order valence-electron chi connectivity index (χ3n) is 3.67. The normalized spacial score (nSPS) is 10.2. The lowest BCUT2D eigenvalue weighted by molar-refractivity contribution is -0.690. The number of nitrogens with one attached hydrogen (secondary N) is 1. The number of nitrogens with zero attached hydrogens (tertiary/aromatic N) is 1. The molecular weight excluding hydrogens is 292 g/mol. The van der Waals surface area contributed by atoms with Gasteiger partial charge in [-0.15, -0.1) is 0 Å². The van der Waals surface area contributed by atoms with E-state index in [0.29, 0.717) is 24.6 Å². The highest BCUT2D eigenvalue weighted by Crippen LogP contribution is 2.27. The summed E-state index contributed by atoms with van der Waals surface area (Å²) in [5.41, 5.74) is 2.15. The van der Waals surface area contributed by atoms with Crippen molar-refractivity contribution in [3.05, 3.63) is 53.9 Å². The van der Waals surface area contributed by atoms with E-state index in [1.165, 1.54) is 0 Å². The highest BCUT2D eigenvalue weighted by atomic mass is 16.5. The number of benzene rings is 1. The second-order valence-corrected chi connectivity index (χ2v) is 5.26. The molecule has 0 saturated heterocycles. The zero-order valence-electron chi connectivity index (χ0n) is 13.8. The fourth-order valence-corrected chi connectivity index (χ4v) is 2.33. The molecule has 0 aliphatic heterocycles. The van der Waals surface area contributed by atoms with Crippen molar-refractivity contribution in [2.45, 2.75) is 19.9 Å². The maximum atomic E-state index is 12.0. The van der Waals surface area contributed by atoms with Gasteiger partial charge in [-0.25, -0.2) is 0 Å². The number of methoxy groups -OCH3 is 2. The number of ether oxygens (including phenoxy) is 2. The van der Waals surface area contributed by atoms with Crippen molar-refractivity contribution in [3.8, 4) is 11.5 Å². The van der Waals surface area contributed by atoms with Gasteiger partial charge in [-0.05, 0) is 24.1 Å². The van der Waals surface area contributed by atoms with Crippen LogP contribution < -0.4 is 19.4 Å². The third kappa shape index (κ3) is 4.71. The lowest BCUT2D eigenvalue weighted by Gasteiger charge is -2.10. The summed E-state index contributed by atoms with van der Waals surface area (Å²) in [5, 5.41) is 2.94. The number of aromatic nitrogens is 1. The van der Waals surface area contributed by atoms with Crippen LogP contribution in [0.1, 0.15) is 11.3 Å². The Morgan fingerprint density at radius 1 is 1.13 bits per heavy atom. The Bertz CT molecular complexity index is 671. The molecule has 1 aromatic heterocycles. The van der Waals surface area contributed by atoms with Crippen LogP contribution in [0.5, 0.6) is 11.5 Å². The van der Waals surface area contributed by atoms with E-state index in [9.17, 15) is 4.79 Å². The minimum Gasteiger partial charge on any atom is -0.493 e. The summed E-state index contributed by atoms with van der Waals surface area (Å²) in [5.74, 6) is 1.41. The number of carbonyl (C=O) groups is 1. The average Bonchev–Trinajstić information content (AvgIpc) is 2.56. The number of pyridine rings is 1. The van der Waals surface area contributed by atoms with Crippen LogP contribution in [0.25, 0.3) is 0 Å². The molecule has 0 spiro atoms. The lowest BCUT2D eigenvalue weighted by Crippen LogP contribution is -2.45. The molecule has 5 heteroatoms. The molecule has 2 rings (SSSR count). The van der Waals surface area contributed by atoms with Crippen LogP contribution in [0, 0.1) is 6.92 Å². The molecule has 0 fully saturated rings. The molecule has 0 unspecified atom stereocenters. The first-order valence-electron chi connectivity index (χ1n) is 7.56. The first-order valence-corrected chi connectivity index (χ1v) is 7.56. The van der Waals surface area contributed by atoms with Crippen LogP contribution in [0.4, 0.5) is 0 Å². The summed E-state index contributed by atoms with van der Waals surface area (Å²) in [4.78, 5) is 12.0. The molecule has 2 aromatic rings. The lowest BCUT2D eigenvalue weighted by atomic mass is 10.1. The van der Waals surface area contributed by atoms with Gasteiger partial charge in [-0.3, -0.25) is 4.79 Å². The van der Waals surface area contributed by atoms with Crippen LogP contribution in [0.3, 0.4) is 0 Å². The molecule has 0 aliphatic rings. The zero-order valence-corrected chi connectivity index (χ0v) is 13.8. The predicted octanol–water partition coefficient (Wildman–Crippen LogP) is 1.66. The number of hydrogen-bond donors (Lipinski definition) is 1. The van der Waals surface area contributed by atoms with Crippen molar-refractivity contribution in [1.82, 2.24) is 5.32 Å². The smallest absolute Gasteiger partial charge is 0.286 e. The maximum Gasteiger partial charge on any atom is 0.286 e. The highest BCUT2D eigenvalue weighted by Gasteiger charge is 2.11. The van der Waals surface area contributed by atoms with Crippen LogP contribution in [-0.2, 0) is 17.8 Å². The van der Waals surface area contributed by atoms with Crippen LogP contribution in [0.15, 0.2) is 42.6 Å². The topological polar surface area (TPSA) is 51.4 Å². The molecule has 122 valence electrons. The highest BCUT2D eigenvalue weighted by molar-refractivity contribution is 5.74. The molecule has 1 N–H and O–H groups in total. The first-order chi connectivity index (χ1) is 11.1. The fourth-order valence-electron chi connectivity index (χ4n) is 2.33.